The van der Waals surface area contributed by atoms with Crippen molar-refractivity contribution in [3.05, 3.63) is 0 Å². The molecule has 0 bridgehead atoms. The second-order valence-electron chi connectivity index (χ2n) is 8.19. The Morgan fingerprint density at radius 3 is 2.19 bits per heavy atom. The van der Waals surface area contributed by atoms with Gasteiger partial charge in [0.25, 0.3) is 0 Å². The van der Waals surface area contributed by atoms with Crippen molar-refractivity contribution in [2.45, 2.75) is 129 Å². The molecule has 26 heavy (non-hydrogen) atoms. The maximum absolute atomic E-state index is 12.3. The van der Waals surface area contributed by atoms with Gasteiger partial charge in [0.05, 0.1) is 0 Å². The van der Waals surface area contributed by atoms with Gasteiger partial charge in [-0.15, -0.1) is 0 Å². The molecule has 1 aliphatic carbocycles. The highest BCUT2D eigenvalue weighted by Gasteiger charge is 2.26. The molecule has 0 radical (unpaired) electrons. The Morgan fingerprint density at radius 2 is 1.50 bits per heavy atom. The minimum absolute atomic E-state index is 0.0621. The number of carbonyl (C=O) groups excluding carboxylic acids is 1. The van der Waals surface area contributed by atoms with E-state index in [1.807, 2.05) is 0 Å². The van der Waals surface area contributed by atoms with E-state index in [1.54, 1.807) is 0 Å². The third kappa shape index (κ3) is 12.4. The van der Waals surface area contributed by atoms with Crippen molar-refractivity contribution in [2.24, 2.45) is 5.92 Å². The molecule has 1 atom stereocenters. The van der Waals surface area contributed by atoms with Gasteiger partial charge in [0.2, 0.25) is 0 Å². The molecular formula is C23H43BrO2. The molecule has 0 spiro atoms. The Kier molecular flexibility index (Phi) is 15.8. The summed E-state index contributed by atoms with van der Waals surface area (Å²) in [5.74, 6) is 0.689. The zero-order chi connectivity index (χ0) is 18.9. The quantitative estimate of drug-likeness (QED) is 0.141. The van der Waals surface area contributed by atoms with Gasteiger partial charge in [-0.3, -0.25) is 4.79 Å². The molecule has 3 heteroatoms. The lowest BCUT2D eigenvalue weighted by molar-refractivity contribution is -0.153. The lowest BCUT2D eigenvalue weighted by atomic mass is 9.83. The van der Waals surface area contributed by atoms with Crippen LogP contribution in [0.3, 0.4) is 0 Å². The number of rotatable bonds is 16. The van der Waals surface area contributed by atoms with Gasteiger partial charge in [-0.05, 0) is 44.4 Å². The number of alkyl halides is 1. The summed E-state index contributed by atoms with van der Waals surface area (Å²) in [4.78, 5) is 12.3. The Balaban J connectivity index is 2.25. The summed E-state index contributed by atoms with van der Waals surface area (Å²) >= 11 is 3.47. The van der Waals surface area contributed by atoms with Crippen molar-refractivity contribution >= 4 is 21.9 Å². The fraction of sp³-hybridized carbons (Fsp3) is 0.957. The Hall–Kier alpha value is -0.0500. The summed E-state index contributed by atoms with van der Waals surface area (Å²) < 4.78 is 6.00. The van der Waals surface area contributed by atoms with Crippen LogP contribution in [0.15, 0.2) is 0 Å². The molecule has 154 valence electrons. The average molecular weight is 431 g/mol. The van der Waals surface area contributed by atoms with Crippen LogP contribution in [0.5, 0.6) is 0 Å². The van der Waals surface area contributed by atoms with Crippen LogP contribution in [0.4, 0.5) is 0 Å². The second-order valence-corrected chi connectivity index (χ2v) is 8.98. The van der Waals surface area contributed by atoms with Gasteiger partial charge in [-0.1, -0.05) is 93.5 Å². The minimum atomic E-state index is 0.0621. The summed E-state index contributed by atoms with van der Waals surface area (Å²) in [5.41, 5.74) is 0. The monoisotopic (exact) mass is 430 g/mol. The molecule has 1 fully saturated rings. The van der Waals surface area contributed by atoms with Crippen molar-refractivity contribution in [3.63, 3.8) is 0 Å². The zero-order valence-corrected chi connectivity index (χ0v) is 18.9. The molecule has 1 unspecified atom stereocenters. The van der Waals surface area contributed by atoms with Gasteiger partial charge in [-0.2, -0.15) is 0 Å². The van der Waals surface area contributed by atoms with Crippen LogP contribution in [-0.2, 0) is 9.53 Å². The topological polar surface area (TPSA) is 26.3 Å². The number of hydrogen-bond acceptors (Lipinski definition) is 2. The van der Waals surface area contributed by atoms with E-state index in [0.29, 0.717) is 12.3 Å². The summed E-state index contributed by atoms with van der Waals surface area (Å²) in [7, 11) is 0. The van der Waals surface area contributed by atoms with Crippen molar-refractivity contribution in [1.82, 2.24) is 0 Å². The number of carbonyl (C=O) groups is 1. The SMILES string of the molecule is CCCCCCCCC(OC(=O)CCCCCCCBr)C1CCCCC1. The fourth-order valence-corrected chi connectivity index (χ4v) is 4.54. The number of halogens is 1. The number of ether oxygens (including phenoxy) is 1. The first kappa shape index (κ1) is 24.0. The summed E-state index contributed by atoms with van der Waals surface area (Å²) in [6, 6.07) is 0. The van der Waals surface area contributed by atoms with Gasteiger partial charge in [0.1, 0.15) is 6.10 Å². The second kappa shape index (κ2) is 17.1. The van der Waals surface area contributed by atoms with Crippen molar-refractivity contribution in [3.8, 4) is 0 Å². The minimum Gasteiger partial charge on any atom is -0.462 e. The third-order valence-electron chi connectivity index (χ3n) is 5.82. The van der Waals surface area contributed by atoms with Gasteiger partial charge in [-0.25, -0.2) is 0 Å². The smallest absolute Gasteiger partial charge is 0.306 e. The number of unbranched alkanes of at least 4 members (excludes halogenated alkanes) is 9. The van der Waals surface area contributed by atoms with Crippen LogP contribution in [0.2, 0.25) is 0 Å². The van der Waals surface area contributed by atoms with E-state index in [9.17, 15) is 4.79 Å². The molecule has 0 heterocycles. The first-order valence-corrected chi connectivity index (χ1v) is 12.7. The summed E-state index contributed by atoms with van der Waals surface area (Å²) in [5, 5.41) is 1.09. The Bertz CT molecular complexity index is 326. The van der Waals surface area contributed by atoms with Crippen molar-refractivity contribution in [1.29, 1.82) is 0 Å². The molecule has 2 nitrogen and oxygen atoms in total. The predicted octanol–water partition coefficient (Wildman–Crippen LogP) is 7.96. The van der Waals surface area contributed by atoms with E-state index in [-0.39, 0.29) is 12.1 Å². The highest BCUT2D eigenvalue weighted by Crippen LogP contribution is 2.31. The first-order chi connectivity index (χ1) is 12.8. The highest BCUT2D eigenvalue weighted by molar-refractivity contribution is 9.09. The lowest BCUT2D eigenvalue weighted by Crippen LogP contribution is -2.28. The fourth-order valence-electron chi connectivity index (χ4n) is 4.14. The maximum atomic E-state index is 12.3. The van der Waals surface area contributed by atoms with Crippen LogP contribution in [0.1, 0.15) is 122 Å². The molecule has 0 aromatic heterocycles. The lowest BCUT2D eigenvalue weighted by Gasteiger charge is -2.30. The summed E-state index contributed by atoms with van der Waals surface area (Å²) in [6.07, 6.45) is 22.2. The third-order valence-corrected chi connectivity index (χ3v) is 6.38. The molecule has 1 rings (SSSR count). The molecule has 0 aromatic carbocycles. The van der Waals surface area contributed by atoms with Crippen LogP contribution in [-0.4, -0.2) is 17.4 Å². The van der Waals surface area contributed by atoms with E-state index in [4.69, 9.17) is 4.74 Å². The van der Waals surface area contributed by atoms with E-state index >= 15 is 0 Å². The predicted molar refractivity (Wildman–Crippen MR) is 116 cm³/mol. The van der Waals surface area contributed by atoms with Gasteiger partial charge < -0.3 is 4.74 Å². The van der Waals surface area contributed by atoms with Gasteiger partial charge in [0, 0.05) is 11.8 Å². The highest BCUT2D eigenvalue weighted by atomic mass is 79.9. The van der Waals surface area contributed by atoms with E-state index in [1.165, 1.54) is 89.9 Å². The number of hydrogen-bond donors (Lipinski definition) is 0. The first-order valence-electron chi connectivity index (χ1n) is 11.5. The maximum Gasteiger partial charge on any atom is 0.306 e. The molecule has 0 aliphatic heterocycles. The number of esters is 1. The Morgan fingerprint density at radius 1 is 0.885 bits per heavy atom. The van der Waals surface area contributed by atoms with E-state index in [0.717, 1.165) is 24.6 Å². The standard InChI is InChI=1S/C23H43BrO2/c1-2-3-4-5-7-13-18-22(21-16-11-10-12-17-21)26-23(25)19-14-8-6-9-15-20-24/h21-22H,2-20H2,1H3. The molecule has 1 aliphatic rings. The normalized spacial score (nSPS) is 16.5. The van der Waals surface area contributed by atoms with Gasteiger partial charge in [0.15, 0.2) is 0 Å². The van der Waals surface area contributed by atoms with E-state index < -0.39 is 0 Å². The van der Waals surface area contributed by atoms with Crippen molar-refractivity contribution in [2.75, 3.05) is 5.33 Å². The largest absolute Gasteiger partial charge is 0.462 e. The molecule has 0 amide bonds. The molecular weight excluding hydrogens is 388 g/mol. The Labute approximate surface area is 171 Å². The average Bonchev–Trinajstić information content (AvgIpc) is 2.67. The van der Waals surface area contributed by atoms with Crippen LogP contribution in [0, 0.1) is 5.92 Å². The van der Waals surface area contributed by atoms with Gasteiger partial charge >= 0.3 is 5.97 Å². The van der Waals surface area contributed by atoms with Crippen LogP contribution >= 0.6 is 15.9 Å². The molecule has 1 saturated carbocycles. The van der Waals surface area contributed by atoms with E-state index in [2.05, 4.69) is 22.9 Å². The zero-order valence-electron chi connectivity index (χ0n) is 17.3. The summed E-state index contributed by atoms with van der Waals surface area (Å²) in [6.45, 7) is 2.26. The molecule has 0 saturated heterocycles. The van der Waals surface area contributed by atoms with Crippen LogP contribution in [0.25, 0.3) is 0 Å². The van der Waals surface area contributed by atoms with Crippen LogP contribution < -0.4 is 0 Å². The molecule has 0 N–H and O–H groups in total. The molecule has 0 aromatic rings. The van der Waals surface area contributed by atoms with Crippen molar-refractivity contribution < 1.29 is 9.53 Å².